The van der Waals surface area contributed by atoms with Crippen molar-refractivity contribution in [1.82, 2.24) is 4.90 Å². The third-order valence-corrected chi connectivity index (χ3v) is 3.89. The molecule has 1 saturated heterocycles. The van der Waals surface area contributed by atoms with Crippen LogP contribution in [0.5, 0.6) is 0 Å². The van der Waals surface area contributed by atoms with Crippen LogP contribution in [0.4, 0.5) is 10.5 Å². The first-order chi connectivity index (χ1) is 11.3. The highest BCUT2D eigenvalue weighted by atomic mass is 16.6. The van der Waals surface area contributed by atoms with Gasteiger partial charge in [-0.25, -0.2) is 4.79 Å². The molecule has 6 heteroatoms. The van der Waals surface area contributed by atoms with Gasteiger partial charge in [-0.3, -0.25) is 4.79 Å². The minimum absolute atomic E-state index is 0.0473. The van der Waals surface area contributed by atoms with E-state index in [1.807, 2.05) is 20.8 Å². The first-order valence-corrected chi connectivity index (χ1v) is 8.27. The van der Waals surface area contributed by atoms with Crippen molar-refractivity contribution in [3.63, 3.8) is 0 Å². The quantitative estimate of drug-likeness (QED) is 0.891. The Morgan fingerprint density at radius 3 is 2.54 bits per heavy atom. The van der Waals surface area contributed by atoms with E-state index in [0.29, 0.717) is 31.6 Å². The summed E-state index contributed by atoms with van der Waals surface area (Å²) in [6.45, 7) is 6.49. The number of benzene rings is 1. The van der Waals surface area contributed by atoms with Gasteiger partial charge in [0.1, 0.15) is 5.60 Å². The number of nitrogens with one attached hydrogen (secondary N) is 1. The second-order valence-corrected chi connectivity index (χ2v) is 7.09. The zero-order chi connectivity index (χ0) is 17.7. The molecule has 1 aliphatic rings. The van der Waals surface area contributed by atoms with Gasteiger partial charge in [-0.15, -0.1) is 0 Å². The van der Waals surface area contributed by atoms with Crippen LogP contribution in [0.1, 0.15) is 39.2 Å². The Labute approximate surface area is 142 Å². The molecule has 1 fully saturated rings. The number of anilines is 1. The van der Waals surface area contributed by atoms with Crippen LogP contribution >= 0.6 is 0 Å². The van der Waals surface area contributed by atoms with Crippen molar-refractivity contribution in [3.05, 3.63) is 29.8 Å². The highest BCUT2D eigenvalue weighted by Crippen LogP contribution is 2.21. The molecule has 6 nitrogen and oxygen atoms in total. The number of aliphatic hydroxyl groups excluding tert-OH is 1. The number of ether oxygens (including phenoxy) is 1. The summed E-state index contributed by atoms with van der Waals surface area (Å²) in [5.41, 5.74) is 0.928. The van der Waals surface area contributed by atoms with E-state index >= 15 is 0 Å². The number of likely N-dealkylation sites (tertiary alicyclic amines) is 1. The molecule has 2 rings (SSSR count). The molecule has 0 radical (unpaired) electrons. The molecular formula is C18H26N2O4. The van der Waals surface area contributed by atoms with Crippen molar-refractivity contribution in [1.29, 1.82) is 0 Å². The third kappa shape index (κ3) is 5.23. The van der Waals surface area contributed by atoms with Crippen molar-refractivity contribution < 1.29 is 19.4 Å². The van der Waals surface area contributed by atoms with Gasteiger partial charge in [0, 0.05) is 24.7 Å². The number of carbonyl (C=O) groups is 2. The molecule has 0 atom stereocenters. The average molecular weight is 334 g/mol. The molecule has 0 bridgehead atoms. The summed E-state index contributed by atoms with van der Waals surface area (Å²) in [5, 5.41) is 12.0. The summed E-state index contributed by atoms with van der Waals surface area (Å²) >= 11 is 0. The molecule has 0 saturated carbocycles. The first-order valence-electron chi connectivity index (χ1n) is 8.27. The maximum atomic E-state index is 12.4. The second-order valence-electron chi connectivity index (χ2n) is 7.09. The second kappa shape index (κ2) is 7.66. The van der Waals surface area contributed by atoms with Gasteiger partial charge in [-0.05, 0) is 51.3 Å². The maximum absolute atomic E-state index is 12.4. The molecule has 132 valence electrons. The molecule has 0 aliphatic carbocycles. The van der Waals surface area contributed by atoms with Crippen molar-refractivity contribution >= 4 is 17.7 Å². The van der Waals surface area contributed by atoms with E-state index < -0.39 is 5.60 Å². The summed E-state index contributed by atoms with van der Waals surface area (Å²) in [4.78, 5) is 26.0. The van der Waals surface area contributed by atoms with Crippen LogP contribution in [0.25, 0.3) is 0 Å². The molecule has 0 unspecified atom stereocenters. The Kier molecular flexibility index (Phi) is 5.83. The molecule has 1 aromatic rings. The summed E-state index contributed by atoms with van der Waals surface area (Å²) < 4.78 is 5.36. The van der Waals surface area contributed by atoms with Crippen molar-refractivity contribution in [3.8, 4) is 0 Å². The van der Waals surface area contributed by atoms with Gasteiger partial charge in [0.2, 0.25) is 5.91 Å². The molecule has 24 heavy (non-hydrogen) atoms. The van der Waals surface area contributed by atoms with Crippen molar-refractivity contribution in [2.24, 2.45) is 5.92 Å². The first kappa shape index (κ1) is 18.3. The van der Waals surface area contributed by atoms with E-state index in [2.05, 4.69) is 5.32 Å². The molecule has 0 aromatic heterocycles. The van der Waals surface area contributed by atoms with Crippen LogP contribution < -0.4 is 5.32 Å². The Balaban J connectivity index is 1.85. The van der Waals surface area contributed by atoms with Crippen LogP contribution in [-0.4, -0.2) is 40.7 Å². The van der Waals surface area contributed by atoms with Gasteiger partial charge in [-0.2, -0.15) is 0 Å². The van der Waals surface area contributed by atoms with Crippen LogP contribution in [0.3, 0.4) is 0 Å². The number of piperidine rings is 1. The zero-order valence-electron chi connectivity index (χ0n) is 14.5. The Morgan fingerprint density at radius 1 is 1.29 bits per heavy atom. The fraction of sp³-hybridized carbons (Fsp3) is 0.556. The summed E-state index contributed by atoms with van der Waals surface area (Å²) in [6.07, 6.45) is 0.909. The normalized spacial score (nSPS) is 15.9. The lowest BCUT2D eigenvalue weighted by molar-refractivity contribution is -0.121. The average Bonchev–Trinajstić information content (AvgIpc) is 2.53. The Bertz CT molecular complexity index is 587. The van der Waals surface area contributed by atoms with Crippen LogP contribution in [0.15, 0.2) is 24.3 Å². The predicted octanol–water partition coefficient (Wildman–Crippen LogP) is 2.76. The molecule has 2 amide bonds. The van der Waals surface area contributed by atoms with Gasteiger partial charge in [-0.1, -0.05) is 12.1 Å². The predicted molar refractivity (Wildman–Crippen MR) is 91.5 cm³/mol. The number of hydrogen-bond donors (Lipinski definition) is 2. The SMILES string of the molecule is CC(C)(C)OC(=O)N1CCC(C(=O)Nc2cccc(CO)c2)CC1. The maximum Gasteiger partial charge on any atom is 0.410 e. The van der Waals surface area contributed by atoms with E-state index in [9.17, 15) is 9.59 Å². The van der Waals surface area contributed by atoms with E-state index in [4.69, 9.17) is 9.84 Å². The minimum atomic E-state index is -0.511. The van der Waals surface area contributed by atoms with E-state index in [0.717, 1.165) is 5.56 Å². The summed E-state index contributed by atoms with van der Waals surface area (Å²) in [7, 11) is 0. The van der Waals surface area contributed by atoms with Crippen molar-refractivity contribution in [2.45, 2.75) is 45.8 Å². The van der Waals surface area contributed by atoms with Gasteiger partial charge >= 0.3 is 6.09 Å². The topological polar surface area (TPSA) is 78.9 Å². The standard InChI is InChI=1S/C18H26N2O4/c1-18(2,3)24-17(23)20-9-7-14(8-10-20)16(22)19-15-6-4-5-13(11-15)12-21/h4-6,11,14,21H,7-10,12H2,1-3H3,(H,19,22). The van der Waals surface area contributed by atoms with Gasteiger partial charge in [0.05, 0.1) is 6.61 Å². The lowest BCUT2D eigenvalue weighted by Crippen LogP contribution is -2.43. The zero-order valence-corrected chi connectivity index (χ0v) is 14.5. The summed E-state index contributed by atoms with van der Waals surface area (Å²) in [5.74, 6) is -0.171. The number of aliphatic hydroxyl groups is 1. The molecular weight excluding hydrogens is 308 g/mol. The molecule has 1 aromatic carbocycles. The Hall–Kier alpha value is -2.08. The minimum Gasteiger partial charge on any atom is -0.444 e. The van der Waals surface area contributed by atoms with Crippen LogP contribution in [0.2, 0.25) is 0 Å². The Morgan fingerprint density at radius 2 is 1.96 bits per heavy atom. The number of rotatable bonds is 3. The van der Waals surface area contributed by atoms with Crippen LogP contribution in [0, 0.1) is 5.92 Å². The van der Waals surface area contributed by atoms with Gasteiger partial charge in [0.15, 0.2) is 0 Å². The van der Waals surface area contributed by atoms with Crippen molar-refractivity contribution in [2.75, 3.05) is 18.4 Å². The molecule has 0 spiro atoms. The number of carbonyl (C=O) groups excluding carboxylic acids is 2. The largest absolute Gasteiger partial charge is 0.444 e. The highest BCUT2D eigenvalue weighted by molar-refractivity contribution is 5.92. The van der Waals surface area contributed by atoms with E-state index in [1.54, 1.807) is 29.2 Å². The fourth-order valence-electron chi connectivity index (χ4n) is 2.64. The van der Waals surface area contributed by atoms with Crippen LogP contribution in [-0.2, 0) is 16.1 Å². The smallest absolute Gasteiger partial charge is 0.410 e. The highest BCUT2D eigenvalue weighted by Gasteiger charge is 2.29. The molecule has 1 heterocycles. The molecule has 2 N–H and O–H groups in total. The number of amides is 2. The van der Waals surface area contributed by atoms with Gasteiger partial charge in [0.25, 0.3) is 0 Å². The van der Waals surface area contributed by atoms with E-state index in [1.165, 1.54) is 0 Å². The lowest BCUT2D eigenvalue weighted by Gasteiger charge is -2.32. The monoisotopic (exact) mass is 334 g/mol. The lowest BCUT2D eigenvalue weighted by atomic mass is 9.96. The third-order valence-electron chi connectivity index (χ3n) is 3.89. The van der Waals surface area contributed by atoms with Gasteiger partial charge < -0.3 is 20.1 Å². The number of hydrogen-bond acceptors (Lipinski definition) is 4. The summed E-state index contributed by atoms with van der Waals surface area (Å²) in [6, 6.07) is 7.15. The van der Waals surface area contributed by atoms with E-state index in [-0.39, 0.29) is 24.5 Å². The number of nitrogens with zero attached hydrogens (tertiary/aromatic N) is 1. The fourth-order valence-corrected chi connectivity index (χ4v) is 2.64. The molecule has 1 aliphatic heterocycles.